The van der Waals surface area contributed by atoms with Gasteiger partial charge in [0.25, 0.3) is 0 Å². The summed E-state index contributed by atoms with van der Waals surface area (Å²) in [5.74, 6) is 0. The first-order chi connectivity index (χ1) is 15.1. The third kappa shape index (κ3) is 3.79. The van der Waals surface area contributed by atoms with Crippen molar-refractivity contribution in [2.24, 2.45) is 4.99 Å². The number of nitrogens with zero attached hydrogens (tertiary/aromatic N) is 3. The Balaban J connectivity index is 0.00000216. The topological polar surface area (TPSA) is 69.7 Å². The van der Waals surface area contributed by atoms with E-state index in [1.54, 1.807) is 0 Å². The first-order valence-corrected chi connectivity index (χ1v) is 10.4. The molecule has 1 unspecified atom stereocenters. The number of allylic oxidation sites excluding steroid dienone is 1. The van der Waals surface area contributed by atoms with Crippen molar-refractivity contribution in [2.75, 3.05) is 0 Å². The molecule has 0 aromatic carbocycles. The third-order valence-corrected chi connectivity index (χ3v) is 5.93. The molecule has 6 heterocycles. The van der Waals surface area contributed by atoms with E-state index in [0.717, 1.165) is 51.3 Å². The van der Waals surface area contributed by atoms with Gasteiger partial charge >= 0.3 is 0 Å². The Kier molecular flexibility index (Phi) is 5.04. The summed E-state index contributed by atoms with van der Waals surface area (Å²) >= 11 is 0. The second kappa shape index (κ2) is 7.89. The molecule has 5 nitrogen and oxygen atoms in total. The van der Waals surface area contributed by atoms with Crippen molar-refractivity contribution in [1.29, 1.82) is 0 Å². The Labute approximate surface area is 196 Å². The Morgan fingerprint density at radius 2 is 1.34 bits per heavy atom. The van der Waals surface area contributed by atoms with E-state index in [9.17, 15) is 0 Å². The van der Waals surface area contributed by atoms with Gasteiger partial charge in [0, 0.05) is 56.7 Å². The molecule has 0 fully saturated rings. The van der Waals surface area contributed by atoms with Gasteiger partial charge in [0.2, 0.25) is 0 Å². The molecule has 0 amide bonds. The fourth-order valence-electron chi connectivity index (χ4n) is 4.27. The number of hydrogen-bond donors (Lipinski definition) is 2. The van der Waals surface area contributed by atoms with Gasteiger partial charge in [0.15, 0.2) is 0 Å². The van der Waals surface area contributed by atoms with E-state index in [-0.39, 0.29) is 22.2 Å². The van der Waals surface area contributed by atoms with Crippen molar-refractivity contribution in [3.05, 3.63) is 83.1 Å². The number of fused-ring (bicyclic) bond motifs is 8. The van der Waals surface area contributed by atoms with Crippen molar-refractivity contribution >= 4 is 52.6 Å². The Bertz CT molecular complexity index is 1480. The van der Waals surface area contributed by atoms with Crippen molar-refractivity contribution in [3.8, 4) is 0 Å². The molecule has 2 N–H and O–H groups in total. The average molecular weight is 462 g/mol. The Morgan fingerprint density at radius 3 is 1.94 bits per heavy atom. The molecule has 1 atom stereocenters. The average Bonchev–Trinajstić information content (AvgIpc) is 3.53. The van der Waals surface area contributed by atoms with Crippen LogP contribution in [-0.4, -0.2) is 26.2 Å². The molecule has 0 saturated carbocycles. The van der Waals surface area contributed by atoms with Gasteiger partial charge in [-0.1, -0.05) is 13.0 Å². The van der Waals surface area contributed by atoms with E-state index in [4.69, 9.17) is 9.97 Å². The Hall–Kier alpha value is -3.48. The van der Waals surface area contributed by atoms with Gasteiger partial charge in [-0.05, 0) is 78.8 Å². The van der Waals surface area contributed by atoms with Crippen LogP contribution in [0.2, 0.25) is 0 Å². The first kappa shape index (κ1) is 20.4. The minimum atomic E-state index is -0.126. The molecular weight excluding hydrogens is 441 g/mol. The smallest absolute Gasteiger partial charge is 0.0658 e. The summed E-state index contributed by atoms with van der Waals surface area (Å²) in [4.78, 5) is 20.8. The quantitative estimate of drug-likeness (QED) is 0.326. The van der Waals surface area contributed by atoms with E-state index in [0.29, 0.717) is 0 Å². The first-order valence-electron chi connectivity index (χ1n) is 10.4. The molecule has 6 rings (SSSR count). The van der Waals surface area contributed by atoms with Crippen LogP contribution in [0.1, 0.15) is 41.7 Å². The van der Waals surface area contributed by atoms with E-state index in [1.807, 2.05) is 30.6 Å². The zero-order chi connectivity index (χ0) is 20.8. The normalized spacial score (nSPS) is 18.7. The maximum atomic E-state index is 4.80. The van der Waals surface area contributed by atoms with Crippen LogP contribution < -0.4 is 0 Å². The van der Waals surface area contributed by atoms with Gasteiger partial charge in [-0.25, -0.2) is 9.97 Å². The molecule has 1 radical (unpaired) electrons. The number of rotatable bonds is 1. The molecule has 32 heavy (non-hydrogen) atoms. The van der Waals surface area contributed by atoms with Crippen LogP contribution in [0.5, 0.6) is 0 Å². The number of nitrogens with one attached hydrogen (secondary N) is 2. The number of aromatic amines is 2. The zero-order valence-electron chi connectivity index (χ0n) is 17.5. The molecule has 3 aromatic heterocycles. The number of aliphatic imine (C=N–C) groups is 1. The standard InChI is InChI=1S/C26H21N5.Co/c1-26(8-10-27-11-9-26)24-15-23-14-21-5-4-19(29-21)12-17-2-3-18(28-17)13-20-6-7-22(30-20)16-25(24)31-23;/h2-8,10-16,28,31H,9H2,1H3;. The number of aromatic nitrogens is 4. The third-order valence-electron chi connectivity index (χ3n) is 5.93. The van der Waals surface area contributed by atoms with Gasteiger partial charge in [0.1, 0.15) is 0 Å². The van der Waals surface area contributed by atoms with Crippen LogP contribution in [0.25, 0.3) is 46.4 Å². The van der Waals surface area contributed by atoms with Crippen molar-refractivity contribution in [2.45, 2.75) is 18.8 Å². The fourth-order valence-corrected chi connectivity index (χ4v) is 4.27. The van der Waals surface area contributed by atoms with Gasteiger partial charge < -0.3 is 9.97 Å². The van der Waals surface area contributed by atoms with Gasteiger partial charge in [0.05, 0.1) is 22.8 Å². The Morgan fingerprint density at radius 1 is 0.750 bits per heavy atom. The molecule has 6 heteroatoms. The summed E-state index contributed by atoms with van der Waals surface area (Å²) < 4.78 is 0. The summed E-state index contributed by atoms with van der Waals surface area (Å²) in [6, 6.07) is 14.7. The molecule has 3 aromatic rings. The predicted molar refractivity (Wildman–Crippen MR) is 128 cm³/mol. The van der Waals surface area contributed by atoms with Gasteiger partial charge in [-0.2, -0.15) is 0 Å². The van der Waals surface area contributed by atoms with E-state index >= 15 is 0 Å². The second-order valence-electron chi connectivity index (χ2n) is 8.36. The largest absolute Gasteiger partial charge is 0.355 e. The minimum Gasteiger partial charge on any atom is -0.355 e. The van der Waals surface area contributed by atoms with E-state index in [2.05, 4.69) is 76.5 Å². The summed E-state index contributed by atoms with van der Waals surface area (Å²) in [6.07, 6.45) is 15.1. The summed E-state index contributed by atoms with van der Waals surface area (Å²) in [5.41, 5.74) is 8.93. The number of H-pyrrole nitrogens is 2. The van der Waals surface area contributed by atoms with Gasteiger partial charge in [-0.15, -0.1) is 0 Å². The van der Waals surface area contributed by atoms with Crippen LogP contribution in [0.3, 0.4) is 0 Å². The van der Waals surface area contributed by atoms with E-state index in [1.165, 1.54) is 5.56 Å². The SMILES string of the molecule is CC1(c2cc3cc4nc(cc5ccc(cc6nc(cc2[nH]3)C=C6)[nH]5)C=C4)C=CN=CC1.[Co]. The van der Waals surface area contributed by atoms with Crippen LogP contribution in [0.15, 0.2) is 59.7 Å². The van der Waals surface area contributed by atoms with Crippen molar-refractivity contribution in [1.82, 2.24) is 19.9 Å². The van der Waals surface area contributed by atoms with Crippen LogP contribution in [-0.2, 0) is 22.2 Å². The zero-order valence-corrected chi connectivity index (χ0v) is 18.5. The molecule has 3 aliphatic heterocycles. The molecule has 3 aliphatic rings. The van der Waals surface area contributed by atoms with Crippen LogP contribution in [0, 0.1) is 0 Å². The predicted octanol–water partition coefficient (Wildman–Crippen LogP) is 5.90. The van der Waals surface area contributed by atoms with Crippen molar-refractivity contribution < 1.29 is 16.8 Å². The molecule has 8 bridgehead atoms. The van der Waals surface area contributed by atoms with Crippen LogP contribution >= 0.6 is 0 Å². The number of hydrogen-bond acceptors (Lipinski definition) is 3. The van der Waals surface area contributed by atoms with Gasteiger partial charge in [-0.3, -0.25) is 4.99 Å². The summed E-state index contributed by atoms with van der Waals surface area (Å²) in [5, 5.41) is 0. The van der Waals surface area contributed by atoms with Crippen LogP contribution in [0.4, 0.5) is 0 Å². The van der Waals surface area contributed by atoms with E-state index < -0.39 is 0 Å². The second-order valence-corrected chi connectivity index (χ2v) is 8.36. The molecular formula is C26H21CoN5. The van der Waals surface area contributed by atoms with Crippen molar-refractivity contribution in [3.63, 3.8) is 0 Å². The summed E-state index contributed by atoms with van der Waals surface area (Å²) in [7, 11) is 0. The minimum absolute atomic E-state index is 0. The fraction of sp³-hybridized carbons (Fsp3) is 0.115. The molecule has 0 aliphatic carbocycles. The maximum Gasteiger partial charge on any atom is 0.0658 e. The molecule has 0 saturated heterocycles. The summed E-state index contributed by atoms with van der Waals surface area (Å²) in [6.45, 7) is 2.25. The maximum absolute atomic E-state index is 4.80. The monoisotopic (exact) mass is 462 g/mol. The molecule has 159 valence electrons. The molecule has 0 spiro atoms.